The van der Waals surface area contributed by atoms with Crippen LogP contribution in [0.4, 0.5) is 0 Å². The Morgan fingerprint density at radius 3 is 2.21 bits per heavy atom. The van der Waals surface area contributed by atoms with Crippen molar-refractivity contribution in [3.63, 3.8) is 0 Å². The molecule has 5 nitrogen and oxygen atoms in total. The van der Waals surface area contributed by atoms with Crippen molar-refractivity contribution in [1.82, 2.24) is 15.1 Å². The average Bonchev–Trinajstić information content (AvgIpc) is 2.77. The van der Waals surface area contributed by atoms with E-state index in [1.807, 2.05) is 42.5 Å². The number of hydrogen-bond donors (Lipinski definition) is 1. The summed E-state index contributed by atoms with van der Waals surface area (Å²) >= 11 is 0. The van der Waals surface area contributed by atoms with Gasteiger partial charge in [-0.25, -0.2) is 0 Å². The first-order chi connectivity index (χ1) is 14.0. The number of piperazine rings is 1. The van der Waals surface area contributed by atoms with Crippen molar-refractivity contribution in [2.24, 2.45) is 0 Å². The minimum Gasteiger partial charge on any atom is -0.484 e. The molecule has 0 unspecified atom stereocenters. The van der Waals surface area contributed by atoms with Crippen molar-refractivity contribution in [1.29, 1.82) is 0 Å². The molecule has 156 valence electrons. The first-order valence-electron chi connectivity index (χ1n) is 10.5. The standard InChI is InChI=1S/C24H33N3O2/c1-4-26-14-16-27(17-15-26)24(2,3)19-25-23(28)18-29-22-12-10-21(11-13-22)20-8-6-5-7-9-20/h5-13H,4,14-19H2,1-3H3,(H,25,28). The topological polar surface area (TPSA) is 44.8 Å². The second kappa shape index (κ2) is 9.90. The second-order valence-electron chi connectivity index (χ2n) is 8.19. The van der Waals surface area contributed by atoms with Crippen LogP contribution in [-0.2, 0) is 4.79 Å². The van der Waals surface area contributed by atoms with Crippen molar-refractivity contribution in [3.8, 4) is 16.9 Å². The number of benzene rings is 2. The van der Waals surface area contributed by atoms with Gasteiger partial charge < -0.3 is 15.0 Å². The highest BCUT2D eigenvalue weighted by Crippen LogP contribution is 2.22. The maximum absolute atomic E-state index is 12.3. The van der Waals surface area contributed by atoms with E-state index in [-0.39, 0.29) is 18.1 Å². The molecule has 3 rings (SSSR count). The van der Waals surface area contributed by atoms with Gasteiger partial charge in [-0.05, 0) is 43.7 Å². The minimum absolute atomic E-state index is 0.0321. The van der Waals surface area contributed by atoms with Gasteiger partial charge in [0.1, 0.15) is 5.75 Å². The number of carbonyl (C=O) groups excluding carboxylic acids is 1. The maximum Gasteiger partial charge on any atom is 0.258 e. The number of carbonyl (C=O) groups is 1. The molecular weight excluding hydrogens is 362 g/mol. The number of rotatable bonds is 8. The van der Waals surface area contributed by atoms with Crippen molar-refractivity contribution >= 4 is 5.91 Å². The van der Waals surface area contributed by atoms with E-state index in [4.69, 9.17) is 4.74 Å². The van der Waals surface area contributed by atoms with Crippen LogP contribution in [0.2, 0.25) is 0 Å². The van der Waals surface area contributed by atoms with Crippen LogP contribution >= 0.6 is 0 Å². The molecule has 1 heterocycles. The number of ether oxygens (including phenoxy) is 1. The van der Waals surface area contributed by atoms with E-state index in [0.29, 0.717) is 12.3 Å². The van der Waals surface area contributed by atoms with E-state index in [9.17, 15) is 4.79 Å². The minimum atomic E-state index is -0.0857. The summed E-state index contributed by atoms with van der Waals surface area (Å²) in [7, 11) is 0. The Hall–Kier alpha value is -2.37. The summed E-state index contributed by atoms with van der Waals surface area (Å²) < 4.78 is 5.67. The van der Waals surface area contributed by atoms with Gasteiger partial charge in [-0.1, -0.05) is 49.4 Å². The summed E-state index contributed by atoms with van der Waals surface area (Å²) in [4.78, 5) is 17.2. The molecule has 0 aromatic heterocycles. The molecule has 1 amide bonds. The van der Waals surface area contributed by atoms with Gasteiger partial charge in [-0.2, -0.15) is 0 Å². The molecule has 1 aliphatic rings. The fourth-order valence-electron chi connectivity index (χ4n) is 3.67. The molecule has 1 saturated heterocycles. The highest BCUT2D eigenvalue weighted by molar-refractivity contribution is 5.77. The highest BCUT2D eigenvalue weighted by atomic mass is 16.5. The molecule has 5 heteroatoms. The van der Waals surface area contributed by atoms with Crippen molar-refractivity contribution < 1.29 is 9.53 Å². The molecule has 1 fully saturated rings. The lowest BCUT2D eigenvalue weighted by Crippen LogP contribution is -2.58. The van der Waals surface area contributed by atoms with Gasteiger partial charge >= 0.3 is 0 Å². The molecule has 2 aromatic rings. The summed E-state index contributed by atoms with van der Waals surface area (Å²) in [5.74, 6) is 0.618. The van der Waals surface area contributed by atoms with Gasteiger partial charge in [0.05, 0.1) is 0 Å². The van der Waals surface area contributed by atoms with Crippen LogP contribution in [0.15, 0.2) is 54.6 Å². The summed E-state index contributed by atoms with van der Waals surface area (Å²) in [5.41, 5.74) is 2.23. The lowest BCUT2D eigenvalue weighted by atomic mass is 10.0. The third-order valence-corrected chi connectivity index (χ3v) is 5.73. The summed E-state index contributed by atoms with van der Waals surface area (Å²) in [5, 5.41) is 3.03. The molecule has 29 heavy (non-hydrogen) atoms. The van der Waals surface area contributed by atoms with Gasteiger partial charge in [0.2, 0.25) is 0 Å². The highest BCUT2D eigenvalue weighted by Gasteiger charge is 2.29. The molecular formula is C24H33N3O2. The molecule has 0 radical (unpaired) electrons. The fourth-order valence-corrected chi connectivity index (χ4v) is 3.67. The lowest BCUT2D eigenvalue weighted by Gasteiger charge is -2.44. The van der Waals surface area contributed by atoms with E-state index in [2.05, 4.69) is 48.0 Å². The monoisotopic (exact) mass is 395 g/mol. The van der Waals surface area contributed by atoms with Crippen molar-refractivity contribution in [2.45, 2.75) is 26.3 Å². The first-order valence-corrected chi connectivity index (χ1v) is 10.5. The van der Waals surface area contributed by atoms with Gasteiger partial charge in [-0.15, -0.1) is 0 Å². The van der Waals surface area contributed by atoms with Crippen molar-refractivity contribution in [3.05, 3.63) is 54.6 Å². The zero-order valence-electron chi connectivity index (χ0n) is 17.9. The quantitative estimate of drug-likeness (QED) is 0.745. The molecule has 1 N–H and O–H groups in total. The van der Waals surface area contributed by atoms with E-state index >= 15 is 0 Å². The maximum atomic E-state index is 12.3. The number of nitrogens with one attached hydrogen (secondary N) is 1. The Labute approximate surface area is 174 Å². The number of amides is 1. The van der Waals surface area contributed by atoms with Crippen molar-refractivity contribution in [2.75, 3.05) is 45.9 Å². The van der Waals surface area contributed by atoms with Gasteiger partial charge in [0.15, 0.2) is 6.61 Å². The summed E-state index contributed by atoms with van der Waals surface area (Å²) in [6.07, 6.45) is 0. The Balaban J connectivity index is 1.43. The molecule has 0 atom stereocenters. The Morgan fingerprint density at radius 1 is 0.966 bits per heavy atom. The summed E-state index contributed by atoms with van der Waals surface area (Å²) in [6.45, 7) is 12.6. The van der Waals surface area contributed by atoms with E-state index in [0.717, 1.165) is 38.3 Å². The van der Waals surface area contributed by atoms with Crippen LogP contribution in [0.3, 0.4) is 0 Å². The van der Waals surface area contributed by atoms with Gasteiger partial charge in [0.25, 0.3) is 5.91 Å². The fraction of sp³-hybridized carbons (Fsp3) is 0.458. The predicted octanol–water partition coefficient (Wildman–Crippen LogP) is 3.26. The number of likely N-dealkylation sites (N-methyl/N-ethyl adjacent to an activating group) is 1. The second-order valence-corrected chi connectivity index (χ2v) is 8.19. The van der Waals surface area contributed by atoms with Crippen LogP contribution in [-0.4, -0.2) is 67.1 Å². The third kappa shape index (κ3) is 6.05. The first kappa shape index (κ1) is 21.3. The van der Waals surface area contributed by atoms with Crippen LogP contribution in [0.5, 0.6) is 5.75 Å². The summed E-state index contributed by atoms with van der Waals surface area (Å²) in [6, 6.07) is 18.1. The average molecular weight is 396 g/mol. The Morgan fingerprint density at radius 2 is 1.59 bits per heavy atom. The van der Waals surface area contributed by atoms with E-state index in [1.165, 1.54) is 5.56 Å². The predicted molar refractivity (Wildman–Crippen MR) is 118 cm³/mol. The lowest BCUT2D eigenvalue weighted by molar-refractivity contribution is -0.123. The largest absolute Gasteiger partial charge is 0.484 e. The zero-order valence-corrected chi connectivity index (χ0v) is 17.9. The smallest absolute Gasteiger partial charge is 0.258 e. The zero-order chi connectivity index (χ0) is 20.7. The molecule has 1 aliphatic heterocycles. The van der Waals surface area contributed by atoms with Crippen LogP contribution in [0.1, 0.15) is 20.8 Å². The number of nitrogens with zero attached hydrogens (tertiary/aromatic N) is 2. The Bertz CT molecular complexity index is 766. The normalized spacial score (nSPS) is 15.8. The molecule has 2 aromatic carbocycles. The van der Waals surface area contributed by atoms with Gasteiger partial charge in [-0.3, -0.25) is 9.69 Å². The molecule has 0 bridgehead atoms. The third-order valence-electron chi connectivity index (χ3n) is 5.73. The van der Waals surface area contributed by atoms with Gasteiger partial charge in [0, 0.05) is 38.3 Å². The molecule has 0 spiro atoms. The Kier molecular flexibility index (Phi) is 7.29. The SMILES string of the molecule is CCN1CCN(C(C)(C)CNC(=O)COc2ccc(-c3ccccc3)cc2)CC1. The van der Waals surface area contributed by atoms with Crippen LogP contribution < -0.4 is 10.1 Å². The number of hydrogen-bond acceptors (Lipinski definition) is 4. The van der Waals surface area contributed by atoms with Crippen LogP contribution in [0, 0.1) is 0 Å². The van der Waals surface area contributed by atoms with Crippen LogP contribution in [0.25, 0.3) is 11.1 Å². The molecule has 0 aliphatic carbocycles. The van der Waals surface area contributed by atoms with E-state index in [1.54, 1.807) is 0 Å². The van der Waals surface area contributed by atoms with E-state index < -0.39 is 0 Å². The molecule has 0 saturated carbocycles.